The molecule has 2 aromatic carbocycles. The zero-order valence-corrected chi connectivity index (χ0v) is 23.2. The van der Waals surface area contributed by atoms with Crippen LogP contribution < -0.4 is 28.0 Å². The number of hydrogen-bond acceptors (Lipinski definition) is 8. The molecule has 0 fully saturated rings. The fraction of sp³-hybridized carbons (Fsp3) is 0.464. The number of nitrogens with two attached hydrogens (primary N) is 3. The van der Waals surface area contributed by atoms with Crippen molar-refractivity contribution in [3.05, 3.63) is 64.7 Å². The van der Waals surface area contributed by atoms with E-state index in [0.29, 0.717) is 29.7 Å². The maximum atomic E-state index is 13.4. The van der Waals surface area contributed by atoms with Gasteiger partial charge in [-0.1, -0.05) is 30.3 Å². The Balaban J connectivity index is 1.68. The van der Waals surface area contributed by atoms with E-state index in [1.165, 1.54) is 17.0 Å². The minimum Gasteiger partial charge on any atom is -0.423 e. The number of ketones is 1. The van der Waals surface area contributed by atoms with Crippen LogP contribution in [-0.2, 0) is 44.7 Å². The van der Waals surface area contributed by atoms with Gasteiger partial charge < -0.3 is 37.1 Å². The maximum absolute atomic E-state index is 13.4. The van der Waals surface area contributed by atoms with Crippen molar-refractivity contribution >= 4 is 30.2 Å². The van der Waals surface area contributed by atoms with Crippen LogP contribution in [0.2, 0.25) is 0 Å². The highest BCUT2D eigenvalue weighted by atomic mass is 19.4. The van der Waals surface area contributed by atoms with E-state index in [1.54, 1.807) is 18.2 Å². The summed E-state index contributed by atoms with van der Waals surface area (Å²) in [7, 11) is -1.02. The first-order valence-corrected chi connectivity index (χ1v) is 13.8. The summed E-state index contributed by atoms with van der Waals surface area (Å²) in [4.78, 5) is 40.4. The van der Waals surface area contributed by atoms with Crippen LogP contribution in [0.3, 0.4) is 0 Å². The van der Waals surface area contributed by atoms with Crippen LogP contribution in [0.15, 0.2) is 42.5 Å². The average molecular weight is 591 g/mol. The molecule has 1 heterocycles. The second kappa shape index (κ2) is 15.3. The maximum Gasteiger partial charge on any atom is 0.491 e. The number of nitrogens with zero attached hydrogens (tertiary/aromatic N) is 1. The molecule has 0 aromatic heterocycles. The van der Waals surface area contributed by atoms with Crippen LogP contribution in [0.1, 0.15) is 41.5 Å². The number of halogens is 3. The molecule has 2 amide bonds. The quantitative estimate of drug-likeness (QED) is 0.180. The van der Waals surface area contributed by atoms with E-state index in [0.717, 1.165) is 17.7 Å². The molecule has 14 heteroatoms. The Kier molecular flexibility index (Phi) is 12.1. The van der Waals surface area contributed by atoms with E-state index >= 15 is 0 Å². The van der Waals surface area contributed by atoms with Gasteiger partial charge in [0.2, 0.25) is 11.8 Å². The van der Waals surface area contributed by atoms with E-state index in [2.05, 4.69) is 5.32 Å². The summed E-state index contributed by atoms with van der Waals surface area (Å²) in [5.74, 6) is -1.19. The summed E-state index contributed by atoms with van der Waals surface area (Å²) >= 11 is 0. The van der Waals surface area contributed by atoms with Crippen molar-refractivity contribution in [3.8, 4) is 0 Å². The smallest absolute Gasteiger partial charge is 0.423 e. The van der Waals surface area contributed by atoms with E-state index in [-0.39, 0.29) is 63.5 Å². The van der Waals surface area contributed by atoms with Gasteiger partial charge in [0.1, 0.15) is 0 Å². The molecule has 228 valence electrons. The number of aryl methyl sites for hydroxylation is 1. The molecule has 0 bridgehead atoms. The van der Waals surface area contributed by atoms with E-state index in [4.69, 9.17) is 21.9 Å². The summed E-state index contributed by atoms with van der Waals surface area (Å²) in [6.07, 6.45) is -4.15. The summed E-state index contributed by atoms with van der Waals surface area (Å²) in [5.41, 5.74) is 19.0. The fourth-order valence-electron chi connectivity index (χ4n) is 4.72. The third-order valence-electron chi connectivity index (χ3n) is 7.11. The van der Waals surface area contributed by atoms with Crippen molar-refractivity contribution < 1.29 is 37.2 Å². The van der Waals surface area contributed by atoms with Crippen molar-refractivity contribution in [2.45, 2.75) is 57.0 Å². The lowest BCUT2D eigenvalue weighted by Crippen LogP contribution is -2.49. The molecule has 2 atom stereocenters. The molecule has 0 unspecified atom stereocenters. The van der Waals surface area contributed by atoms with Gasteiger partial charge in [-0.25, -0.2) is 0 Å². The number of Topliss-reactive ketones (excluding diaryl/α,β-unsaturated/α-hetero) is 1. The predicted octanol–water partition coefficient (Wildman–Crippen LogP) is 0.00580. The third-order valence-corrected chi connectivity index (χ3v) is 7.11. The summed E-state index contributed by atoms with van der Waals surface area (Å²) in [5, 5.41) is 12.5. The molecule has 0 radical (unpaired) electrons. The second-order valence-electron chi connectivity index (χ2n) is 10.2. The first kappa shape index (κ1) is 33.2. The summed E-state index contributed by atoms with van der Waals surface area (Å²) in [6, 6.07) is 7.67. The first-order valence-electron chi connectivity index (χ1n) is 13.8. The number of benzene rings is 2. The average Bonchev–Trinajstić information content (AvgIpc) is 3.32. The lowest BCUT2D eigenvalue weighted by Gasteiger charge is -2.23. The lowest BCUT2D eigenvalue weighted by atomic mass is 9.79. The van der Waals surface area contributed by atoms with Gasteiger partial charge in [-0.05, 0) is 53.5 Å². The van der Waals surface area contributed by atoms with Crippen molar-refractivity contribution in [3.63, 3.8) is 0 Å². The standard InChI is InChI=1S/C28H37BF3N5O5/c30-28(31,32)21-5-1-18(2-6-21)4-9-24(25(38)16-19-3-7-22-20(15-19)17-42-29(22)41)36-27(40)23(35)8-10-26(39)37(13-11-33)14-12-34/h1-3,5-7,15,23-24,41H,4,8-14,16-17,33-35H2,(H,36,40)/t23-,24+/m0/s1. The third kappa shape index (κ3) is 9.36. The molecule has 0 aliphatic carbocycles. The molecule has 0 spiro atoms. The normalized spacial score (nSPS) is 14.3. The van der Waals surface area contributed by atoms with E-state index in [1.807, 2.05) is 0 Å². The molecule has 1 aliphatic rings. The number of carbonyl (C=O) groups is 3. The molecule has 0 saturated carbocycles. The predicted molar refractivity (Wildman–Crippen MR) is 151 cm³/mol. The van der Waals surface area contributed by atoms with Crippen molar-refractivity contribution in [2.24, 2.45) is 17.2 Å². The SMILES string of the molecule is NCCN(CCN)C(=O)CC[C@H](N)C(=O)N[C@H](CCc1ccc(C(F)(F)F)cc1)C(=O)Cc1ccc2c(c1)COB2O. The Bertz CT molecular complexity index is 1230. The van der Waals surface area contributed by atoms with Crippen LogP contribution in [0, 0.1) is 0 Å². The fourth-order valence-corrected chi connectivity index (χ4v) is 4.72. The Morgan fingerprint density at radius 3 is 2.29 bits per heavy atom. The molecule has 0 saturated heterocycles. The molecular weight excluding hydrogens is 554 g/mol. The molecule has 42 heavy (non-hydrogen) atoms. The highest BCUT2D eigenvalue weighted by molar-refractivity contribution is 6.61. The van der Waals surface area contributed by atoms with E-state index < -0.39 is 36.8 Å². The van der Waals surface area contributed by atoms with Crippen LogP contribution in [0.4, 0.5) is 13.2 Å². The molecule has 1 aliphatic heterocycles. The van der Waals surface area contributed by atoms with Gasteiger partial charge in [0.15, 0.2) is 5.78 Å². The van der Waals surface area contributed by atoms with Gasteiger partial charge in [-0.2, -0.15) is 13.2 Å². The summed E-state index contributed by atoms with van der Waals surface area (Å²) < 4.78 is 44.0. The minimum atomic E-state index is -4.47. The molecule has 3 rings (SSSR count). The van der Waals surface area contributed by atoms with Crippen LogP contribution in [-0.4, -0.2) is 72.9 Å². The highest BCUT2D eigenvalue weighted by Gasteiger charge is 2.31. The monoisotopic (exact) mass is 591 g/mol. The minimum absolute atomic E-state index is 0.0121. The lowest BCUT2D eigenvalue weighted by molar-refractivity contribution is -0.137. The number of alkyl halides is 3. The Labute approximate surface area is 242 Å². The van der Waals surface area contributed by atoms with Gasteiger partial charge in [0, 0.05) is 39.0 Å². The van der Waals surface area contributed by atoms with Crippen molar-refractivity contribution in [1.29, 1.82) is 0 Å². The Hall–Kier alpha value is -3.30. The number of amides is 2. The zero-order valence-electron chi connectivity index (χ0n) is 23.2. The van der Waals surface area contributed by atoms with Crippen molar-refractivity contribution in [2.75, 3.05) is 26.2 Å². The van der Waals surface area contributed by atoms with Gasteiger partial charge in [0.05, 0.1) is 24.3 Å². The number of nitrogens with one attached hydrogen (secondary N) is 1. The van der Waals surface area contributed by atoms with Crippen LogP contribution in [0.5, 0.6) is 0 Å². The Morgan fingerprint density at radius 2 is 1.67 bits per heavy atom. The van der Waals surface area contributed by atoms with Gasteiger partial charge in [-0.15, -0.1) is 0 Å². The van der Waals surface area contributed by atoms with Crippen LogP contribution in [0.25, 0.3) is 0 Å². The number of fused-ring (bicyclic) bond motifs is 1. The van der Waals surface area contributed by atoms with Crippen molar-refractivity contribution in [1.82, 2.24) is 10.2 Å². The number of carbonyl (C=O) groups excluding carboxylic acids is 3. The van der Waals surface area contributed by atoms with Gasteiger partial charge in [0.25, 0.3) is 0 Å². The van der Waals surface area contributed by atoms with E-state index in [9.17, 15) is 32.6 Å². The second-order valence-corrected chi connectivity index (χ2v) is 10.2. The highest BCUT2D eigenvalue weighted by Crippen LogP contribution is 2.29. The topological polar surface area (TPSA) is 174 Å². The Morgan fingerprint density at radius 1 is 1.02 bits per heavy atom. The van der Waals surface area contributed by atoms with Gasteiger partial charge >= 0.3 is 13.3 Å². The van der Waals surface area contributed by atoms with Gasteiger partial charge in [-0.3, -0.25) is 14.4 Å². The number of rotatable bonds is 15. The summed E-state index contributed by atoms with van der Waals surface area (Å²) in [6.45, 7) is 1.38. The largest absolute Gasteiger partial charge is 0.491 e. The molecular formula is C28H37BF3N5O5. The number of hydrogen-bond donors (Lipinski definition) is 5. The first-order chi connectivity index (χ1) is 19.9. The molecule has 8 N–H and O–H groups in total. The van der Waals surface area contributed by atoms with Crippen LogP contribution >= 0.6 is 0 Å². The molecule has 10 nitrogen and oxygen atoms in total. The molecule has 2 aromatic rings. The zero-order chi connectivity index (χ0) is 30.9.